The summed E-state index contributed by atoms with van der Waals surface area (Å²) < 4.78 is 34.5. The molecule has 1 saturated heterocycles. The molecule has 2 aromatic carbocycles. The van der Waals surface area contributed by atoms with Crippen molar-refractivity contribution in [3.05, 3.63) is 59.0 Å². The average Bonchev–Trinajstić information content (AvgIpc) is 3.09. The first kappa shape index (κ1) is 26.7. The van der Waals surface area contributed by atoms with E-state index in [1.165, 1.54) is 23.9 Å². The molecule has 0 spiro atoms. The Labute approximate surface area is 209 Å². The number of hydrogen-bond acceptors (Lipinski definition) is 6. The molecule has 1 heterocycles. The summed E-state index contributed by atoms with van der Waals surface area (Å²) in [6.07, 6.45) is 1.74. The van der Waals surface area contributed by atoms with Crippen molar-refractivity contribution in [3.63, 3.8) is 0 Å². The van der Waals surface area contributed by atoms with Crippen LogP contribution in [0.4, 0.5) is 14.5 Å². The molecule has 188 valence electrons. The van der Waals surface area contributed by atoms with Crippen molar-refractivity contribution in [1.82, 2.24) is 9.80 Å². The van der Waals surface area contributed by atoms with Crippen LogP contribution in [0.1, 0.15) is 33.3 Å². The summed E-state index contributed by atoms with van der Waals surface area (Å²) >= 11 is 1.30. The second-order valence-electron chi connectivity index (χ2n) is 8.53. The first-order chi connectivity index (χ1) is 16.7. The van der Waals surface area contributed by atoms with E-state index in [-0.39, 0.29) is 11.7 Å². The zero-order valence-electron chi connectivity index (χ0n) is 20.6. The summed E-state index contributed by atoms with van der Waals surface area (Å²) in [7, 11) is 1.60. The van der Waals surface area contributed by atoms with E-state index in [0.29, 0.717) is 46.5 Å². The lowest BCUT2D eigenvalue weighted by Crippen LogP contribution is -2.43. The minimum atomic E-state index is -2.88. The van der Waals surface area contributed by atoms with E-state index < -0.39 is 6.61 Å². The van der Waals surface area contributed by atoms with E-state index in [9.17, 15) is 13.6 Å². The van der Waals surface area contributed by atoms with Crippen LogP contribution >= 0.6 is 11.8 Å². The van der Waals surface area contributed by atoms with E-state index in [4.69, 9.17) is 9.73 Å². The van der Waals surface area contributed by atoms with Gasteiger partial charge >= 0.3 is 6.61 Å². The van der Waals surface area contributed by atoms with E-state index in [1.807, 2.05) is 24.3 Å². The highest BCUT2D eigenvalue weighted by Crippen LogP contribution is 2.34. The van der Waals surface area contributed by atoms with Crippen molar-refractivity contribution in [3.8, 4) is 11.5 Å². The molecule has 0 atom stereocenters. The number of ether oxygens (including phenoxy) is 2. The molecule has 2 aromatic rings. The molecule has 35 heavy (non-hydrogen) atoms. The Morgan fingerprint density at radius 3 is 2.14 bits per heavy atom. The Balaban J connectivity index is 1.87. The Hall–Kier alpha value is -2.91. The van der Waals surface area contributed by atoms with Gasteiger partial charge in [0, 0.05) is 25.2 Å². The van der Waals surface area contributed by atoms with Gasteiger partial charge in [-0.05, 0) is 87.5 Å². The number of alkyl halides is 2. The second-order valence-corrected chi connectivity index (χ2v) is 9.54. The van der Waals surface area contributed by atoms with Crippen molar-refractivity contribution in [1.29, 1.82) is 0 Å². The quantitative estimate of drug-likeness (QED) is 0.371. The predicted molar refractivity (Wildman–Crippen MR) is 137 cm³/mol. The molecular formula is C26H31F2N3O3S. The third-order valence-electron chi connectivity index (χ3n) is 5.50. The molecule has 0 N–H and O–H groups in total. The van der Waals surface area contributed by atoms with Gasteiger partial charge in [-0.2, -0.15) is 8.78 Å². The average molecular weight is 504 g/mol. The summed E-state index contributed by atoms with van der Waals surface area (Å²) in [6, 6.07) is 14.2. The van der Waals surface area contributed by atoms with Gasteiger partial charge in [0.15, 0.2) is 5.17 Å². The van der Waals surface area contributed by atoms with E-state index in [1.54, 1.807) is 30.2 Å². The van der Waals surface area contributed by atoms with Crippen molar-refractivity contribution in [2.75, 3.05) is 20.2 Å². The summed E-state index contributed by atoms with van der Waals surface area (Å²) in [5.74, 6) is 0.659. The molecule has 1 aliphatic rings. The second kappa shape index (κ2) is 12.2. The third-order valence-corrected chi connectivity index (χ3v) is 6.50. The smallest absolute Gasteiger partial charge is 0.387 e. The van der Waals surface area contributed by atoms with Gasteiger partial charge in [-0.3, -0.25) is 14.6 Å². The van der Waals surface area contributed by atoms with Crippen LogP contribution in [0, 0.1) is 0 Å². The number of thioether (sulfide) groups is 1. The molecule has 1 amide bonds. The summed E-state index contributed by atoms with van der Waals surface area (Å²) in [4.78, 5) is 22.6. The molecular weight excluding hydrogens is 472 g/mol. The summed E-state index contributed by atoms with van der Waals surface area (Å²) in [6.45, 7) is 6.87. The number of rotatable bonds is 10. The molecule has 6 nitrogen and oxygen atoms in total. The van der Waals surface area contributed by atoms with Crippen molar-refractivity contribution in [2.24, 2.45) is 4.99 Å². The first-order valence-corrected chi connectivity index (χ1v) is 12.2. The van der Waals surface area contributed by atoms with Crippen molar-refractivity contribution < 1.29 is 23.0 Å². The first-order valence-electron chi connectivity index (χ1n) is 11.4. The van der Waals surface area contributed by atoms with Gasteiger partial charge in [-0.1, -0.05) is 12.1 Å². The van der Waals surface area contributed by atoms with Crippen LogP contribution in [0.15, 0.2) is 58.4 Å². The van der Waals surface area contributed by atoms with E-state index >= 15 is 0 Å². The minimum absolute atomic E-state index is 0.0680. The summed E-state index contributed by atoms with van der Waals surface area (Å²) in [5, 5.41) is 0.594. The Morgan fingerprint density at radius 1 is 1.00 bits per heavy atom. The van der Waals surface area contributed by atoms with E-state index in [0.717, 1.165) is 5.75 Å². The molecule has 0 saturated carbocycles. The van der Waals surface area contributed by atoms with Crippen LogP contribution in [0.25, 0.3) is 6.08 Å². The molecule has 0 aliphatic carbocycles. The van der Waals surface area contributed by atoms with Crippen LogP contribution in [0.2, 0.25) is 0 Å². The lowest BCUT2D eigenvalue weighted by atomic mass is 10.2. The summed E-state index contributed by atoms with van der Waals surface area (Å²) in [5.41, 5.74) is 1.42. The Kier molecular flexibility index (Phi) is 9.28. The number of benzene rings is 2. The van der Waals surface area contributed by atoms with Crippen LogP contribution < -0.4 is 9.47 Å². The lowest BCUT2D eigenvalue weighted by molar-refractivity contribution is -0.122. The highest BCUT2D eigenvalue weighted by atomic mass is 32.2. The van der Waals surface area contributed by atoms with Gasteiger partial charge in [0.05, 0.1) is 17.7 Å². The molecule has 3 rings (SSSR count). The van der Waals surface area contributed by atoms with Gasteiger partial charge in [-0.25, -0.2) is 4.99 Å². The maximum Gasteiger partial charge on any atom is 0.387 e. The fourth-order valence-electron chi connectivity index (χ4n) is 3.78. The Bertz CT molecular complexity index is 1050. The molecule has 1 fully saturated rings. The SMILES string of the molecule is COc1ccc(N=C2SC(=Cc3ccc(OC(F)F)cc3)C(=O)N2CCN(C(C)C)C(C)C)cc1. The predicted octanol–water partition coefficient (Wildman–Crippen LogP) is 6.02. The number of amidine groups is 1. The van der Waals surface area contributed by atoms with Crippen LogP contribution in [-0.2, 0) is 4.79 Å². The van der Waals surface area contributed by atoms with Gasteiger partial charge < -0.3 is 9.47 Å². The zero-order chi connectivity index (χ0) is 25.5. The van der Waals surface area contributed by atoms with Crippen LogP contribution in [0.5, 0.6) is 11.5 Å². The molecule has 0 unspecified atom stereocenters. The van der Waals surface area contributed by atoms with Gasteiger partial charge in [-0.15, -0.1) is 0 Å². The number of amides is 1. The minimum Gasteiger partial charge on any atom is -0.497 e. The fraction of sp³-hybridized carbons (Fsp3) is 0.385. The number of carbonyl (C=O) groups excluding carboxylic acids is 1. The standard InChI is InChI=1S/C26H31F2N3O3S/c1-17(2)30(18(3)4)14-15-31-24(32)23(16-19-6-10-22(11-7-19)34-25(27)28)35-26(31)29-20-8-12-21(33-5)13-9-20/h6-13,16-18,25H,14-15H2,1-5H3. The van der Waals surface area contributed by atoms with Gasteiger partial charge in [0.1, 0.15) is 11.5 Å². The molecule has 9 heteroatoms. The fourth-order valence-corrected chi connectivity index (χ4v) is 4.81. The highest BCUT2D eigenvalue weighted by Gasteiger charge is 2.34. The van der Waals surface area contributed by atoms with Gasteiger partial charge in [0.25, 0.3) is 5.91 Å². The monoisotopic (exact) mass is 503 g/mol. The van der Waals surface area contributed by atoms with E-state index in [2.05, 4.69) is 37.3 Å². The maximum atomic E-state index is 13.4. The number of hydrogen-bond donors (Lipinski definition) is 0. The Morgan fingerprint density at radius 2 is 1.60 bits per heavy atom. The molecule has 0 aromatic heterocycles. The molecule has 1 aliphatic heterocycles. The highest BCUT2D eigenvalue weighted by molar-refractivity contribution is 8.18. The number of carbonyl (C=O) groups is 1. The number of aliphatic imine (C=N–C) groups is 1. The zero-order valence-corrected chi connectivity index (χ0v) is 21.4. The third kappa shape index (κ3) is 7.29. The molecule has 0 bridgehead atoms. The van der Waals surface area contributed by atoms with Crippen LogP contribution in [0.3, 0.4) is 0 Å². The maximum absolute atomic E-state index is 13.4. The molecule has 0 radical (unpaired) electrons. The normalized spacial score (nSPS) is 16.5. The number of halogens is 2. The number of methoxy groups -OCH3 is 1. The van der Waals surface area contributed by atoms with Crippen molar-refractivity contribution >= 4 is 34.6 Å². The number of nitrogens with zero attached hydrogens (tertiary/aromatic N) is 3. The van der Waals surface area contributed by atoms with Gasteiger partial charge in [0.2, 0.25) is 0 Å². The van der Waals surface area contributed by atoms with Crippen LogP contribution in [-0.4, -0.2) is 59.8 Å². The van der Waals surface area contributed by atoms with Crippen molar-refractivity contribution in [2.45, 2.75) is 46.4 Å². The largest absolute Gasteiger partial charge is 0.497 e. The lowest BCUT2D eigenvalue weighted by Gasteiger charge is -2.31. The topological polar surface area (TPSA) is 54.4 Å².